The van der Waals surface area contributed by atoms with E-state index < -0.39 is 0 Å². The molecule has 0 spiro atoms. The average Bonchev–Trinajstić information content (AvgIpc) is 2.30. The van der Waals surface area contributed by atoms with E-state index in [0.717, 1.165) is 10.3 Å². The number of carbonyl (C=O) groups excluding carboxylic acids is 1. The molecule has 1 heterocycles. The van der Waals surface area contributed by atoms with Crippen molar-refractivity contribution in [1.82, 2.24) is 0 Å². The van der Waals surface area contributed by atoms with E-state index in [4.69, 9.17) is 0 Å². The van der Waals surface area contributed by atoms with E-state index in [1.165, 1.54) is 13.1 Å². The number of pyridine rings is 1. The van der Waals surface area contributed by atoms with Gasteiger partial charge in [-0.15, -0.1) is 0 Å². The molecule has 3 nitrogen and oxygen atoms in total. The molecule has 0 saturated heterocycles. The van der Waals surface area contributed by atoms with Crippen molar-refractivity contribution in [3.05, 3.63) is 59.4 Å². The Bertz CT molecular complexity index is 535. The predicted molar refractivity (Wildman–Crippen MR) is 60.8 cm³/mol. The molecule has 1 aromatic heterocycles. The summed E-state index contributed by atoms with van der Waals surface area (Å²) in [5, 5.41) is 11.5. The first kappa shape index (κ1) is 10.4. The average molecular weight is 213 g/mol. The summed E-state index contributed by atoms with van der Waals surface area (Å²) in [6.07, 6.45) is 1.44. The van der Waals surface area contributed by atoms with E-state index in [2.05, 4.69) is 0 Å². The van der Waals surface area contributed by atoms with Crippen LogP contribution in [-0.4, -0.2) is 5.78 Å². The summed E-state index contributed by atoms with van der Waals surface area (Å²) in [5.41, 5.74) is 1.91. The lowest BCUT2D eigenvalue weighted by Gasteiger charge is -2.04. The molecular formula is C13H11NO2. The Morgan fingerprint density at radius 2 is 2.00 bits per heavy atom. The minimum absolute atomic E-state index is 0.00442. The van der Waals surface area contributed by atoms with Crippen LogP contribution in [0, 0.1) is 5.21 Å². The van der Waals surface area contributed by atoms with Crippen LogP contribution >= 0.6 is 0 Å². The van der Waals surface area contributed by atoms with Crippen LogP contribution in [0.3, 0.4) is 0 Å². The largest absolute Gasteiger partial charge is 0.618 e. The Morgan fingerprint density at radius 1 is 1.19 bits per heavy atom. The highest BCUT2D eigenvalue weighted by Crippen LogP contribution is 2.16. The van der Waals surface area contributed by atoms with Gasteiger partial charge in [0.25, 0.3) is 0 Å². The monoisotopic (exact) mass is 213 g/mol. The summed E-state index contributed by atoms with van der Waals surface area (Å²) in [7, 11) is 0. The van der Waals surface area contributed by atoms with Crippen molar-refractivity contribution >= 4 is 5.78 Å². The molecule has 16 heavy (non-hydrogen) atoms. The van der Waals surface area contributed by atoms with E-state index in [9.17, 15) is 10.0 Å². The predicted octanol–water partition coefficient (Wildman–Crippen LogP) is 2.19. The second-order valence-electron chi connectivity index (χ2n) is 3.55. The Balaban J connectivity index is 2.53. The molecule has 0 bridgehead atoms. The maximum Gasteiger partial charge on any atom is 0.223 e. The molecule has 2 aromatic rings. The van der Waals surface area contributed by atoms with Crippen molar-refractivity contribution < 1.29 is 9.52 Å². The third kappa shape index (κ3) is 1.93. The standard InChI is InChI=1S/C13H11NO2/c1-10(15)11-5-4-6-12(9-11)13-7-2-3-8-14(13)16/h2-9H,1H3. The molecule has 0 amide bonds. The number of Topliss-reactive ketones (excluding diaryl/α,β-unsaturated/α-hetero) is 1. The molecule has 0 unspecified atom stereocenters. The van der Waals surface area contributed by atoms with Crippen LogP contribution in [0.4, 0.5) is 0 Å². The lowest BCUT2D eigenvalue weighted by molar-refractivity contribution is -0.593. The van der Waals surface area contributed by atoms with E-state index in [-0.39, 0.29) is 5.78 Å². The van der Waals surface area contributed by atoms with Crippen molar-refractivity contribution in [3.8, 4) is 11.3 Å². The van der Waals surface area contributed by atoms with E-state index in [1.807, 2.05) is 6.07 Å². The molecule has 0 saturated carbocycles. The van der Waals surface area contributed by atoms with Crippen LogP contribution < -0.4 is 4.73 Å². The molecule has 0 N–H and O–H groups in total. The number of ketones is 1. The molecule has 0 aliphatic heterocycles. The van der Waals surface area contributed by atoms with Gasteiger partial charge in [0.15, 0.2) is 12.0 Å². The molecule has 2 rings (SSSR count). The Morgan fingerprint density at radius 3 is 2.69 bits per heavy atom. The highest BCUT2D eigenvalue weighted by Gasteiger charge is 2.08. The Hall–Kier alpha value is -2.16. The molecule has 0 fully saturated rings. The number of aromatic nitrogens is 1. The molecule has 1 aromatic carbocycles. The highest BCUT2D eigenvalue weighted by molar-refractivity contribution is 5.95. The van der Waals surface area contributed by atoms with Crippen molar-refractivity contribution in [3.63, 3.8) is 0 Å². The van der Waals surface area contributed by atoms with Crippen LogP contribution in [0.25, 0.3) is 11.3 Å². The summed E-state index contributed by atoms with van der Waals surface area (Å²) in [6.45, 7) is 1.51. The van der Waals surface area contributed by atoms with Gasteiger partial charge >= 0.3 is 0 Å². The van der Waals surface area contributed by atoms with Gasteiger partial charge in [0.05, 0.1) is 0 Å². The zero-order valence-corrected chi connectivity index (χ0v) is 8.88. The van der Waals surface area contributed by atoms with Gasteiger partial charge in [-0.2, -0.15) is 4.73 Å². The van der Waals surface area contributed by atoms with Crippen LogP contribution in [-0.2, 0) is 0 Å². The third-order valence-electron chi connectivity index (χ3n) is 2.39. The van der Waals surface area contributed by atoms with Crippen molar-refractivity contribution in [2.75, 3.05) is 0 Å². The molecule has 80 valence electrons. The third-order valence-corrected chi connectivity index (χ3v) is 2.39. The van der Waals surface area contributed by atoms with Gasteiger partial charge in [-0.3, -0.25) is 4.79 Å². The first-order chi connectivity index (χ1) is 7.68. The smallest absolute Gasteiger partial charge is 0.223 e. The van der Waals surface area contributed by atoms with Gasteiger partial charge in [-0.1, -0.05) is 12.1 Å². The topological polar surface area (TPSA) is 44.0 Å². The number of hydrogen-bond acceptors (Lipinski definition) is 2. The highest BCUT2D eigenvalue weighted by atomic mass is 16.5. The number of rotatable bonds is 2. The maximum atomic E-state index is 11.5. The summed E-state index contributed by atoms with van der Waals surface area (Å²) in [6, 6.07) is 12.3. The zero-order valence-electron chi connectivity index (χ0n) is 8.88. The second-order valence-corrected chi connectivity index (χ2v) is 3.55. The van der Waals surface area contributed by atoms with Gasteiger partial charge in [0, 0.05) is 23.3 Å². The minimum Gasteiger partial charge on any atom is -0.618 e. The number of carbonyl (C=O) groups is 1. The van der Waals surface area contributed by atoms with Gasteiger partial charge in [-0.25, -0.2) is 0 Å². The van der Waals surface area contributed by atoms with Crippen molar-refractivity contribution in [2.45, 2.75) is 6.92 Å². The number of nitrogens with zero attached hydrogens (tertiary/aromatic N) is 1. The molecule has 0 aliphatic carbocycles. The normalized spacial score (nSPS) is 10.1. The lowest BCUT2D eigenvalue weighted by atomic mass is 10.1. The van der Waals surface area contributed by atoms with Gasteiger partial charge in [0.1, 0.15) is 0 Å². The van der Waals surface area contributed by atoms with Crippen LogP contribution in [0.5, 0.6) is 0 Å². The van der Waals surface area contributed by atoms with Crippen LogP contribution in [0.1, 0.15) is 17.3 Å². The molecular weight excluding hydrogens is 202 g/mol. The van der Waals surface area contributed by atoms with Crippen LogP contribution in [0.15, 0.2) is 48.7 Å². The number of hydrogen-bond donors (Lipinski definition) is 0. The van der Waals surface area contributed by atoms with Gasteiger partial charge < -0.3 is 5.21 Å². The van der Waals surface area contributed by atoms with E-state index in [1.54, 1.807) is 36.4 Å². The van der Waals surface area contributed by atoms with E-state index in [0.29, 0.717) is 11.3 Å². The molecule has 0 atom stereocenters. The Labute approximate surface area is 93.6 Å². The quantitative estimate of drug-likeness (QED) is 0.436. The molecule has 3 heteroatoms. The lowest BCUT2D eigenvalue weighted by Crippen LogP contribution is -2.27. The fraction of sp³-hybridized carbons (Fsp3) is 0.0769. The van der Waals surface area contributed by atoms with Crippen molar-refractivity contribution in [2.24, 2.45) is 0 Å². The first-order valence-electron chi connectivity index (χ1n) is 4.98. The summed E-state index contributed by atoms with van der Waals surface area (Å²) in [4.78, 5) is 11.2. The number of benzene rings is 1. The molecule has 0 aliphatic rings. The molecule has 0 radical (unpaired) electrons. The van der Waals surface area contributed by atoms with Crippen LogP contribution in [0.2, 0.25) is 0 Å². The van der Waals surface area contributed by atoms with Gasteiger partial charge in [-0.05, 0) is 25.1 Å². The first-order valence-corrected chi connectivity index (χ1v) is 4.98. The van der Waals surface area contributed by atoms with Crippen molar-refractivity contribution in [1.29, 1.82) is 0 Å². The van der Waals surface area contributed by atoms with E-state index >= 15 is 0 Å². The maximum absolute atomic E-state index is 11.5. The minimum atomic E-state index is -0.00442. The fourth-order valence-corrected chi connectivity index (χ4v) is 1.55. The second kappa shape index (κ2) is 4.14. The summed E-state index contributed by atoms with van der Waals surface area (Å²) < 4.78 is 0.791. The summed E-state index contributed by atoms with van der Waals surface area (Å²) >= 11 is 0. The van der Waals surface area contributed by atoms with Gasteiger partial charge in [0.2, 0.25) is 5.69 Å². The zero-order chi connectivity index (χ0) is 11.5. The Kier molecular flexibility index (Phi) is 2.68. The SMILES string of the molecule is CC(=O)c1cccc(-c2cccc[n+]2[O-])c1. The summed E-state index contributed by atoms with van der Waals surface area (Å²) in [5.74, 6) is -0.00442. The fourth-order valence-electron chi connectivity index (χ4n) is 1.55.